The lowest BCUT2D eigenvalue weighted by molar-refractivity contribution is 0.0882. The number of aryl methyl sites for hydroxylation is 1. The Labute approximate surface area is 153 Å². The van der Waals surface area contributed by atoms with Crippen LogP contribution in [0.15, 0.2) is 16.6 Å². The standard InChI is InChI=1S/C19H27BrFNOSi/c1-24(2,3)12-11-23-13-22-17-8-6-4-5-7-14(17)15-9-10-16(21)18(20)19(15)22/h9-10H,4-8,11-13H2,1-3H3. The van der Waals surface area contributed by atoms with Gasteiger partial charge in [-0.05, 0) is 65.4 Å². The van der Waals surface area contributed by atoms with Crippen LogP contribution >= 0.6 is 15.9 Å². The van der Waals surface area contributed by atoms with Crippen molar-refractivity contribution in [1.82, 2.24) is 4.57 Å². The molecule has 0 unspecified atom stereocenters. The van der Waals surface area contributed by atoms with Crippen LogP contribution in [0, 0.1) is 5.82 Å². The Morgan fingerprint density at radius 2 is 1.92 bits per heavy atom. The number of benzene rings is 1. The molecule has 0 fully saturated rings. The summed E-state index contributed by atoms with van der Waals surface area (Å²) in [5.74, 6) is -0.196. The minimum Gasteiger partial charge on any atom is -0.361 e. The fourth-order valence-electron chi connectivity index (χ4n) is 3.51. The second kappa shape index (κ2) is 7.30. The summed E-state index contributed by atoms with van der Waals surface area (Å²) < 4.78 is 22.9. The number of fused-ring (bicyclic) bond motifs is 3. The van der Waals surface area contributed by atoms with Crippen LogP contribution in [0.5, 0.6) is 0 Å². The molecule has 5 heteroatoms. The summed E-state index contributed by atoms with van der Waals surface area (Å²) in [6, 6.07) is 4.68. The van der Waals surface area contributed by atoms with Crippen LogP contribution in [0.3, 0.4) is 0 Å². The average Bonchev–Trinajstić information content (AvgIpc) is 2.67. The van der Waals surface area contributed by atoms with E-state index in [4.69, 9.17) is 4.74 Å². The zero-order chi connectivity index (χ0) is 17.3. The van der Waals surface area contributed by atoms with Gasteiger partial charge in [-0.2, -0.15) is 0 Å². The van der Waals surface area contributed by atoms with Gasteiger partial charge in [0.25, 0.3) is 0 Å². The van der Waals surface area contributed by atoms with Crippen molar-refractivity contribution < 1.29 is 9.13 Å². The van der Waals surface area contributed by atoms with Gasteiger partial charge >= 0.3 is 0 Å². The van der Waals surface area contributed by atoms with Crippen LogP contribution in [0.2, 0.25) is 25.7 Å². The minimum atomic E-state index is -1.09. The first-order valence-electron chi connectivity index (χ1n) is 8.94. The van der Waals surface area contributed by atoms with Gasteiger partial charge in [-0.25, -0.2) is 4.39 Å². The van der Waals surface area contributed by atoms with E-state index in [1.807, 2.05) is 6.07 Å². The molecule has 0 saturated carbocycles. The van der Waals surface area contributed by atoms with Gasteiger partial charge in [-0.3, -0.25) is 0 Å². The molecule has 1 aromatic carbocycles. The molecular weight excluding hydrogens is 385 g/mol. The third-order valence-corrected chi connectivity index (χ3v) is 7.35. The van der Waals surface area contributed by atoms with Gasteiger partial charge < -0.3 is 9.30 Å². The van der Waals surface area contributed by atoms with Gasteiger partial charge in [0.2, 0.25) is 0 Å². The number of halogens is 2. The van der Waals surface area contributed by atoms with Crippen LogP contribution < -0.4 is 0 Å². The van der Waals surface area contributed by atoms with Crippen LogP contribution in [0.4, 0.5) is 4.39 Å². The molecule has 2 aromatic rings. The highest BCUT2D eigenvalue weighted by molar-refractivity contribution is 9.10. The van der Waals surface area contributed by atoms with E-state index in [1.54, 1.807) is 6.07 Å². The van der Waals surface area contributed by atoms with Gasteiger partial charge in [-0.15, -0.1) is 0 Å². The number of hydrogen-bond acceptors (Lipinski definition) is 1. The van der Waals surface area contributed by atoms with Crippen molar-refractivity contribution in [3.63, 3.8) is 0 Å². The molecule has 132 valence electrons. The fourth-order valence-corrected chi connectivity index (χ4v) is 4.83. The molecule has 0 amide bonds. The van der Waals surface area contributed by atoms with Gasteiger partial charge in [0.1, 0.15) is 12.5 Å². The van der Waals surface area contributed by atoms with E-state index in [0.29, 0.717) is 11.2 Å². The first-order chi connectivity index (χ1) is 11.4. The predicted molar refractivity (Wildman–Crippen MR) is 105 cm³/mol. The SMILES string of the molecule is C[Si](C)(C)CCOCn1c2c(c3ccc(F)c(Br)c31)CCCCC2. The van der Waals surface area contributed by atoms with Crippen molar-refractivity contribution in [1.29, 1.82) is 0 Å². The summed E-state index contributed by atoms with van der Waals surface area (Å²) in [5, 5.41) is 1.19. The molecule has 0 saturated heterocycles. The molecule has 0 bridgehead atoms. The van der Waals surface area contributed by atoms with Crippen molar-refractivity contribution in [2.24, 2.45) is 0 Å². The van der Waals surface area contributed by atoms with Crippen molar-refractivity contribution in [2.75, 3.05) is 6.61 Å². The molecule has 0 aliphatic heterocycles. The lowest BCUT2D eigenvalue weighted by Gasteiger charge is -2.17. The van der Waals surface area contributed by atoms with Crippen LogP contribution in [-0.2, 0) is 24.3 Å². The van der Waals surface area contributed by atoms with E-state index in [9.17, 15) is 4.39 Å². The molecule has 1 aliphatic rings. The number of hydrogen-bond donors (Lipinski definition) is 0. The minimum absolute atomic E-state index is 0.196. The summed E-state index contributed by atoms with van der Waals surface area (Å²) >= 11 is 3.47. The van der Waals surface area contributed by atoms with E-state index >= 15 is 0 Å². The third kappa shape index (κ3) is 3.78. The molecule has 24 heavy (non-hydrogen) atoms. The maximum atomic E-state index is 14.1. The van der Waals surface area contributed by atoms with Gasteiger partial charge in [0.05, 0.1) is 9.99 Å². The number of nitrogens with zero attached hydrogens (tertiary/aromatic N) is 1. The van der Waals surface area contributed by atoms with Crippen LogP contribution in [0.1, 0.15) is 30.5 Å². The van der Waals surface area contributed by atoms with E-state index in [0.717, 1.165) is 31.0 Å². The van der Waals surface area contributed by atoms with E-state index in [2.05, 4.69) is 40.1 Å². The molecule has 2 nitrogen and oxygen atoms in total. The average molecular weight is 412 g/mol. The fraction of sp³-hybridized carbons (Fsp3) is 0.579. The van der Waals surface area contributed by atoms with E-state index in [-0.39, 0.29) is 5.82 Å². The summed E-state index contributed by atoms with van der Waals surface area (Å²) in [6.45, 7) is 8.40. The first kappa shape index (κ1) is 18.1. The maximum absolute atomic E-state index is 14.1. The molecule has 3 rings (SSSR count). The molecule has 0 atom stereocenters. The smallest absolute Gasteiger partial charge is 0.139 e. The number of rotatable bonds is 5. The van der Waals surface area contributed by atoms with Crippen LogP contribution in [0.25, 0.3) is 10.9 Å². The highest BCUT2D eigenvalue weighted by atomic mass is 79.9. The Morgan fingerprint density at radius 3 is 2.67 bits per heavy atom. The van der Waals surface area contributed by atoms with Crippen LogP contribution in [-0.4, -0.2) is 19.2 Å². The van der Waals surface area contributed by atoms with Gasteiger partial charge in [0.15, 0.2) is 0 Å². The third-order valence-electron chi connectivity index (χ3n) is 4.90. The van der Waals surface area contributed by atoms with Crippen molar-refractivity contribution in [3.05, 3.63) is 33.7 Å². The van der Waals surface area contributed by atoms with Crippen molar-refractivity contribution >= 4 is 34.9 Å². The first-order valence-corrected chi connectivity index (χ1v) is 13.4. The summed E-state index contributed by atoms with van der Waals surface area (Å²) in [5.41, 5.74) is 3.72. The monoisotopic (exact) mass is 411 g/mol. The molecular formula is C19H27BrFNOSi. The van der Waals surface area contributed by atoms with Gasteiger partial charge in [0, 0.05) is 25.8 Å². The predicted octanol–water partition coefficient (Wildman–Crippen LogP) is 6.12. The molecule has 0 N–H and O–H groups in total. The second-order valence-electron chi connectivity index (χ2n) is 8.02. The lowest BCUT2D eigenvalue weighted by Crippen LogP contribution is -2.22. The quantitative estimate of drug-likeness (QED) is 0.328. The van der Waals surface area contributed by atoms with E-state index in [1.165, 1.54) is 35.9 Å². The summed E-state index contributed by atoms with van der Waals surface area (Å²) in [6.07, 6.45) is 5.85. The number of ether oxygens (including phenoxy) is 1. The Kier molecular flexibility index (Phi) is 5.52. The zero-order valence-corrected chi connectivity index (χ0v) is 17.5. The molecule has 1 heterocycles. The Bertz CT molecular complexity index is 735. The van der Waals surface area contributed by atoms with E-state index < -0.39 is 8.07 Å². The van der Waals surface area contributed by atoms with Crippen molar-refractivity contribution in [3.8, 4) is 0 Å². The summed E-state index contributed by atoms with van der Waals surface area (Å²) in [4.78, 5) is 0. The van der Waals surface area contributed by atoms with Crippen molar-refractivity contribution in [2.45, 2.75) is 64.5 Å². The molecule has 0 spiro atoms. The Hall–Kier alpha value is -0.653. The molecule has 0 radical (unpaired) electrons. The summed E-state index contributed by atoms with van der Waals surface area (Å²) in [7, 11) is -1.09. The maximum Gasteiger partial charge on any atom is 0.139 e. The highest BCUT2D eigenvalue weighted by Gasteiger charge is 2.22. The zero-order valence-electron chi connectivity index (χ0n) is 14.9. The second-order valence-corrected chi connectivity index (χ2v) is 14.4. The highest BCUT2D eigenvalue weighted by Crippen LogP contribution is 2.36. The Balaban J connectivity index is 1.95. The van der Waals surface area contributed by atoms with Gasteiger partial charge in [-0.1, -0.05) is 26.1 Å². The topological polar surface area (TPSA) is 14.2 Å². The largest absolute Gasteiger partial charge is 0.361 e. The normalized spacial score (nSPS) is 15.5. The molecule has 1 aromatic heterocycles. The molecule has 1 aliphatic carbocycles. The Morgan fingerprint density at radius 1 is 1.17 bits per heavy atom. The number of aromatic nitrogens is 1. The lowest BCUT2D eigenvalue weighted by atomic mass is 10.1.